The van der Waals surface area contributed by atoms with Gasteiger partial charge in [0.2, 0.25) is 0 Å². The maximum absolute atomic E-state index is 11.8. The topological polar surface area (TPSA) is 48.7 Å². The van der Waals surface area contributed by atoms with Gasteiger partial charge in [0.1, 0.15) is 23.7 Å². The molecule has 3 rings (SSSR count). The number of fused-ring (bicyclic) bond motifs is 1. The van der Waals surface area contributed by atoms with Crippen LogP contribution in [0.25, 0.3) is 11.0 Å². The number of carbonyl (C=O) groups is 1. The summed E-state index contributed by atoms with van der Waals surface area (Å²) in [4.78, 5) is 11.8. The fourth-order valence-corrected chi connectivity index (χ4v) is 2.40. The molecule has 0 saturated heterocycles. The van der Waals surface area contributed by atoms with Crippen molar-refractivity contribution < 1.29 is 18.7 Å². The molecule has 0 aliphatic heterocycles. The summed E-state index contributed by atoms with van der Waals surface area (Å²) < 4.78 is 16.3. The highest BCUT2D eigenvalue weighted by Gasteiger charge is 2.12. The summed E-state index contributed by atoms with van der Waals surface area (Å²) in [6, 6.07) is 14.9. The van der Waals surface area contributed by atoms with E-state index >= 15 is 0 Å². The van der Waals surface area contributed by atoms with Crippen molar-refractivity contribution in [1.29, 1.82) is 0 Å². The van der Waals surface area contributed by atoms with E-state index in [4.69, 9.17) is 13.9 Å². The summed E-state index contributed by atoms with van der Waals surface area (Å²) in [7, 11) is 1.37. The van der Waals surface area contributed by atoms with Gasteiger partial charge in [0.05, 0.1) is 18.1 Å². The molecule has 0 unspecified atom stereocenters. The molecule has 0 bridgehead atoms. The Morgan fingerprint density at radius 1 is 1.14 bits per heavy atom. The molecular formula is C18H16O4. The van der Waals surface area contributed by atoms with Gasteiger partial charge in [-0.1, -0.05) is 24.3 Å². The zero-order valence-electron chi connectivity index (χ0n) is 12.5. The van der Waals surface area contributed by atoms with Crippen molar-refractivity contribution >= 4 is 16.9 Å². The maximum atomic E-state index is 11.8. The molecule has 0 N–H and O–H groups in total. The van der Waals surface area contributed by atoms with Crippen LogP contribution in [0, 0.1) is 6.92 Å². The first-order valence-corrected chi connectivity index (χ1v) is 6.97. The average Bonchev–Trinajstić information content (AvgIpc) is 2.93. The van der Waals surface area contributed by atoms with Gasteiger partial charge in [0.15, 0.2) is 0 Å². The van der Waals surface area contributed by atoms with Crippen LogP contribution in [0.15, 0.2) is 52.9 Å². The molecule has 0 spiro atoms. The summed E-state index contributed by atoms with van der Waals surface area (Å²) in [5, 5.41) is 0.926. The van der Waals surface area contributed by atoms with Crippen molar-refractivity contribution in [2.24, 2.45) is 0 Å². The minimum atomic E-state index is -0.364. The van der Waals surface area contributed by atoms with E-state index in [2.05, 4.69) is 0 Å². The van der Waals surface area contributed by atoms with E-state index in [1.54, 1.807) is 12.1 Å². The van der Waals surface area contributed by atoms with E-state index in [0.29, 0.717) is 5.56 Å². The molecule has 4 nitrogen and oxygen atoms in total. The Kier molecular flexibility index (Phi) is 3.83. The highest BCUT2D eigenvalue weighted by atomic mass is 16.5. The summed E-state index contributed by atoms with van der Waals surface area (Å²) in [5.41, 5.74) is 2.09. The Hall–Kier alpha value is -2.75. The van der Waals surface area contributed by atoms with Gasteiger partial charge < -0.3 is 13.9 Å². The highest BCUT2D eigenvalue weighted by molar-refractivity contribution is 5.91. The number of esters is 1. The summed E-state index contributed by atoms with van der Waals surface area (Å²) in [5.74, 6) is 1.20. The number of ether oxygens (including phenoxy) is 2. The number of hydrogen-bond acceptors (Lipinski definition) is 4. The van der Waals surface area contributed by atoms with Gasteiger partial charge in [-0.25, -0.2) is 4.79 Å². The Morgan fingerprint density at radius 2 is 1.95 bits per heavy atom. The summed E-state index contributed by atoms with van der Waals surface area (Å²) in [6.07, 6.45) is 0. The fourth-order valence-electron chi connectivity index (χ4n) is 2.40. The van der Waals surface area contributed by atoms with E-state index in [9.17, 15) is 4.79 Å². The van der Waals surface area contributed by atoms with Crippen LogP contribution in [-0.2, 0) is 11.3 Å². The third-order valence-electron chi connectivity index (χ3n) is 3.45. The maximum Gasteiger partial charge on any atom is 0.338 e. The summed E-state index contributed by atoms with van der Waals surface area (Å²) in [6.45, 7) is 2.19. The quantitative estimate of drug-likeness (QED) is 0.680. The van der Waals surface area contributed by atoms with Crippen LogP contribution in [0.5, 0.6) is 5.75 Å². The predicted molar refractivity (Wildman–Crippen MR) is 83.1 cm³/mol. The lowest BCUT2D eigenvalue weighted by molar-refractivity contribution is 0.0598. The number of carbonyl (C=O) groups excluding carboxylic acids is 1. The van der Waals surface area contributed by atoms with Crippen LogP contribution in [0.2, 0.25) is 0 Å². The Morgan fingerprint density at radius 3 is 2.77 bits per heavy atom. The average molecular weight is 296 g/mol. The van der Waals surface area contributed by atoms with Gasteiger partial charge >= 0.3 is 5.97 Å². The third-order valence-corrected chi connectivity index (χ3v) is 3.45. The van der Waals surface area contributed by atoms with Crippen LogP contribution in [0.3, 0.4) is 0 Å². The van der Waals surface area contributed by atoms with Crippen molar-refractivity contribution in [2.45, 2.75) is 13.5 Å². The van der Waals surface area contributed by atoms with Crippen molar-refractivity contribution in [3.8, 4) is 5.75 Å². The van der Waals surface area contributed by atoms with Crippen molar-refractivity contribution in [2.75, 3.05) is 7.11 Å². The van der Waals surface area contributed by atoms with Crippen LogP contribution in [-0.4, -0.2) is 13.1 Å². The molecule has 1 aromatic heterocycles. The van der Waals surface area contributed by atoms with Gasteiger partial charge in [-0.2, -0.15) is 0 Å². The lowest BCUT2D eigenvalue weighted by Gasteiger charge is -2.10. The fraction of sp³-hybridized carbons (Fsp3) is 0.167. The monoisotopic (exact) mass is 296 g/mol. The molecule has 0 amide bonds. The molecule has 0 radical (unpaired) electrons. The van der Waals surface area contributed by atoms with Gasteiger partial charge in [0.25, 0.3) is 0 Å². The van der Waals surface area contributed by atoms with Crippen LogP contribution >= 0.6 is 0 Å². The largest absolute Gasteiger partial charge is 0.488 e. The zero-order chi connectivity index (χ0) is 15.5. The standard InChI is InChI=1S/C18H16O4/c1-12-10-15-16(8-5-9-17(15)22-12)21-11-13-6-3-4-7-14(13)18(19)20-2/h3-10H,11H2,1-2H3. The second kappa shape index (κ2) is 5.93. The van der Waals surface area contributed by atoms with Crippen LogP contribution < -0.4 is 4.74 Å². The Labute approximate surface area is 128 Å². The first-order valence-electron chi connectivity index (χ1n) is 6.97. The number of methoxy groups -OCH3 is 1. The minimum Gasteiger partial charge on any atom is -0.488 e. The lowest BCUT2D eigenvalue weighted by atomic mass is 10.1. The highest BCUT2D eigenvalue weighted by Crippen LogP contribution is 2.29. The van der Waals surface area contributed by atoms with Gasteiger partial charge in [-0.3, -0.25) is 0 Å². The van der Waals surface area contributed by atoms with Crippen LogP contribution in [0.1, 0.15) is 21.7 Å². The van der Waals surface area contributed by atoms with Crippen molar-refractivity contribution in [3.05, 3.63) is 65.4 Å². The molecule has 112 valence electrons. The van der Waals surface area contributed by atoms with Crippen LogP contribution in [0.4, 0.5) is 0 Å². The molecule has 22 heavy (non-hydrogen) atoms. The van der Waals surface area contributed by atoms with E-state index in [1.807, 2.05) is 43.3 Å². The molecule has 0 fully saturated rings. The first kappa shape index (κ1) is 14.2. The molecule has 2 aromatic carbocycles. The molecule has 0 aliphatic carbocycles. The number of furan rings is 1. The number of benzene rings is 2. The minimum absolute atomic E-state index is 0.286. The smallest absolute Gasteiger partial charge is 0.338 e. The normalized spacial score (nSPS) is 10.6. The molecular weight excluding hydrogens is 280 g/mol. The molecule has 0 saturated carbocycles. The first-order chi connectivity index (χ1) is 10.7. The number of rotatable bonds is 4. The number of hydrogen-bond donors (Lipinski definition) is 0. The van der Waals surface area contributed by atoms with E-state index in [1.165, 1.54) is 7.11 Å². The molecule has 0 atom stereocenters. The second-order valence-electron chi connectivity index (χ2n) is 4.96. The SMILES string of the molecule is COC(=O)c1ccccc1COc1cccc2oc(C)cc12. The Bertz CT molecular complexity index is 817. The van der Waals surface area contributed by atoms with E-state index in [0.717, 1.165) is 28.0 Å². The Balaban J connectivity index is 1.87. The molecule has 3 aromatic rings. The molecule has 0 aliphatic rings. The van der Waals surface area contributed by atoms with E-state index in [-0.39, 0.29) is 12.6 Å². The number of aryl methyl sites for hydroxylation is 1. The predicted octanol–water partition coefficient (Wildman–Crippen LogP) is 4.11. The molecule has 4 heteroatoms. The summed E-state index contributed by atoms with van der Waals surface area (Å²) >= 11 is 0. The van der Waals surface area contributed by atoms with Gasteiger partial charge in [-0.15, -0.1) is 0 Å². The lowest BCUT2D eigenvalue weighted by Crippen LogP contribution is -2.07. The van der Waals surface area contributed by atoms with Gasteiger partial charge in [-0.05, 0) is 31.2 Å². The van der Waals surface area contributed by atoms with E-state index < -0.39 is 0 Å². The second-order valence-corrected chi connectivity index (χ2v) is 4.96. The van der Waals surface area contributed by atoms with Gasteiger partial charge in [0, 0.05) is 5.56 Å². The third kappa shape index (κ3) is 2.68. The van der Waals surface area contributed by atoms with Crippen molar-refractivity contribution in [3.63, 3.8) is 0 Å². The molecule has 1 heterocycles. The zero-order valence-corrected chi connectivity index (χ0v) is 12.5. The van der Waals surface area contributed by atoms with Crippen molar-refractivity contribution in [1.82, 2.24) is 0 Å².